The molecule has 1 spiro atoms. The Bertz CT molecular complexity index is 194. The highest BCUT2D eigenvalue weighted by Crippen LogP contribution is 2.31. The van der Waals surface area contributed by atoms with Gasteiger partial charge in [0.2, 0.25) is 0 Å². The van der Waals surface area contributed by atoms with Gasteiger partial charge in [-0.3, -0.25) is 5.32 Å². The molecular formula is C10H19NO2. The van der Waals surface area contributed by atoms with E-state index in [1.807, 2.05) is 0 Å². The zero-order chi connectivity index (χ0) is 9.53. The molecule has 0 radical (unpaired) electrons. The Morgan fingerprint density at radius 1 is 1.31 bits per heavy atom. The van der Waals surface area contributed by atoms with E-state index >= 15 is 0 Å². The molecule has 0 aromatic rings. The highest BCUT2D eigenvalue weighted by molar-refractivity contribution is 4.95. The lowest BCUT2D eigenvalue weighted by Crippen LogP contribution is -2.69. The van der Waals surface area contributed by atoms with Gasteiger partial charge >= 0.3 is 0 Å². The Labute approximate surface area is 79.8 Å². The van der Waals surface area contributed by atoms with Crippen molar-refractivity contribution in [1.82, 2.24) is 5.32 Å². The average Bonchev–Trinajstić information content (AvgIpc) is 2.00. The molecule has 76 valence electrons. The monoisotopic (exact) mass is 185 g/mol. The van der Waals surface area contributed by atoms with Crippen molar-refractivity contribution in [3.8, 4) is 0 Å². The highest BCUT2D eigenvalue weighted by Gasteiger charge is 2.46. The van der Waals surface area contributed by atoms with Crippen LogP contribution in [0.5, 0.6) is 0 Å². The Balaban J connectivity index is 2.00. The van der Waals surface area contributed by atoms with Gasteiger partial charge in [0.15, 0.2) is 5.72 Å². The minimum atomic E-state index is -0.143. The average molecular weight is 185 g/mol. The van der Waals surface area contributed by atoms with E-state index in [0.29, 0.717) is 24.7 Å². The van der Waals surface area contributed by atoms with Crippen LogP contribution in [-0.2, 0) is 9.47 Å². The van der Waals surface area contributed by atoms with Crippen LogP contribution < -0.4 is 5.32 Å². The minimum Gasteiger partial charge on any atom is -0.372 e. The summed E-state index contributed by atoms with van der Waals surface area (Å²) in [6, 6.07) is 0.546. The summed E-state index contributed by atoms with van der Waals surface area (Å²) in [6.45, 7) is 9.08. The van der Waals surface area contributed by atoms with Gasteiger partial charge in [-0.2, -0.15) is 0 Å². The molecule has 2 aliphatic rings. The highest BCUT2D eigenvalue weighted by atomic mass is 16.6. The normalized spacial score (nSPS) is 33.0. The first-order valence-electron chi connectivity index (χ1n) is 5.01. The standard InChI is InChI=1S/C10H19NO2/c1-9(2,3)8-4-5-13-10(11-8)6-12-7-10/h8,11H,4-7H2,1-3H3. The molecule has 1 N–H and O–H groups in total. The Hall–Kier alpha value is -0.120. The lowest BCUT2D eigenvalue weighted by Gasteiger charge is -2.50. The molecule has 2 fully saturated rings. The number of ether oxygens (including phenoxy) is 2. The molecule has 1 unspecified atom stereocenters. The van der Waals surface area contributed by atoms with Gasteiger partial charge in [0.05, 0.1) is 19.8 Å². The number of rotatable bonds is 0. The van der Waals surface area contributed by atoms with Gasteiger partial charge in [-0.15, -0.1) is 0 Å². The zero-order valence-corrected chi connectivity index (χ0v) is 8.72. The molecule has 0 saturated carbocycles. The second-order valence-electron chi connectivity index (χ2n) is 5.19. The third-order valence-electron chi connectivity index (χ3n) is 2.94. The predicted molar refractivity (Wildman–Crippen MR) is 50.5 cm³/mol. The van der Waals surface area contributed by atoms with Crippen molar-refractivity contribution >= 4 is 0 Å². The van der Waals surface area contributed by atoms with Gasteiger partial charge in [0, 0.05) is 6.04 Å². The predicted octanol–water partition coefficient (Wildman–Crippen LogP) is 1.14. The van der Waals surface area contributed by atoms with Gasteiger partial charge in [-0.1, -0.05) is 20.8 Å². The molecule has 2 heterocycles. The summed E-state index contributed by atoms with van der Waals surface area (Å²) in [7, 11) is 0. The largest absolute Gasteiger partial charge is 0.372 e. The Morgan fingerprint density at radius 2 is 2.00 bits per heavy atom. The van der Waals surface area contributed by atoms with Crippen molar-refractivity contribution in [2.45, 2.75) is 39.0 Å². The van der Waals surface area contributed by atoms with E-state index in [4.69, 9.17) is 9.47 Å². The Kier molecular flexibility index (Phi) is 2.13. The van der Waals surface area contributed by atoms with Gasteiger partial charge in [-0.05, 0) is 11.8 Å². The molecule has 2 aliphatic heterocycles. The fraction of sp³-hybridized carbons (Fsp3) is 1.00. The summed E-state index contributed by atoms with van der Waals surface area (Å²) >= 11 is 0. The number of hydrogen-bond acceptors (Lipinski definition) is 3. The van der Waals surface area contributed by atoms with E-state index in [2.05, 4.69) is 26.1 Å². The summed E-state index contributed by atoms with van der Waals surface area (Å²) in [6.07, 6.45) is 1.10. The Morgan fingerprint density at radius 3 is 2.46 bits per heavy atom. The van der Waals surface area contributed by atoms with E-state index in [1.165, 1.54) is 0 Å². The molecule has 13 heavy (non-hydrogen) atoms. The molecule has 0 aromatic carbocycles. The molecule has 3 nitrogen and oxygen atoms in total. The molecule has 0 aliphatic carbocycles. The first kappa shape index (κ1) is 9.44. The van der Waals surface area contributed by atoms with Crippen LogP contribution in [0, 0.1) is 5.41 Å². The minimum absolute atomic E-state index is 0.143. The molecule has 0 amide bonds. The third-order valence-corrected chi connectivity index (χ3v) is 2.94. The molecule has 2 saturated heterocycles. The number of hydrogen-bond donors (Lipinski definition) is 1. The van der Waals surface area contributed by atoms with Crippen LogP contribution in [0.2, 0.25) is 0 Å². The maximum Gasteiger partial charge on any atom is 0.166 e. The third kappa shape index (κ3) is 1.73. The van der Waals surface area contributed by atoms with Crippen molar-refractivity contribution in [1.29, 1.82) is 0 Å². The SMILES string of the molecule is CC(C)(C)C1CCOC2(COC2)N1. The molecule has 3 heteroatoms. The maximum absolute atomic E-state index is 5.69. The molecule has 0 aromatic heterocycles. The van der Waals surface area contributed by atoms with E-state index in [1.54, 1.807) is 0 Å². The lowest BCUT2D eigenvalue weighted by atomic mass is 9.83. The lowest BCUT2D eigenvalue weighted by molar-refractivity contribution is -0.251. The first-order chi connectivity index (χ1) is 6.02. The summed E-state index contributed by atoms with van der Waals surface area (Å²) in [5, 5.41) is 3.56. The zero-order valence-electron chi connectivity index (χ0n) is 8.72. The van der Waals surface area contributed by atoms with Gasteiger partial charge in [0.25, 0.3) is 0 Å². The van der Waals surface area contributed by atoms with Crippen LogP contribution in [0.3, 0.4) is 0 Å². The van der Waals surface area contributed by atoms with E-state index in [0.717, 1.165) is 13.0 Å². The molecular weight excluding hydrogens is 166 g/mol. The van der Waals surface area contributed by atoms with Gasteiger partial charge in [0.1, 0.15) is 0 Å². The number of nitrogens with one attached hydrogen (secondary N) is 1. The van der Waals surface area contributed by atoms with Gasteiger partial charge in [-0.25, -0.2) is 0 Å². The summed E-state index contributed by atoms with van der Waals surface area (Å²) in [4.78, 5) is 0. The van der Waals surface area contributed by atoms with Gasteiger partial charge < -0.3 is 9.47 Å². The van der Waals surface area contributed by atoms with Crippen LogP contribution >= 0.6 is 0 Å². The molecule has 0 bridgehead atoms. The van der Waals surface area contributed by atoms with Crippen LogP contribution in [-0.4, -0.2) is 31.6 Å². The van der Waals surface area contributed by atoms with Crippen molar-refractivity contribution in [2.24, 2.45) is 5.41 Å². The molecule has 2 rings (SSSR count). The van der Waals surface area contributed by atoms with Crippen molar-refractivity contribution in [2.75, 3.05) is 19.8 Å². The van der Waals surface area contributed by atoms with Crippen molar-refractivity contribution in [3.63, 3.8) is 0 Å². The van der Waals surface area contributed by atoms with Crippen LogP contribution in [0.15, 0.2) is 0 Å². The topological polar surface area (TPSA) is 30.5 Å². The maximum atomic E-state index is 5.69. The summed E-state index contributed by atoms with van der Waals surface area (Å²) < 4.78 is 10.9. The summed E-state index contributed by atoms with van der Waals surface area (Å²) in [5.74, 6) is 0. The second kappa shape index (κ2) is 2.94. The van der Waals surface area contributed by atoms with Crippen molar-refractivity contribution < 1.29 is 9.47 Å². The van der Waals surface area contributed by atoms with Crippen molar-refractivity contribution in [3.05, 3.63) is 0 Å². The van der Waals surface area contributed by atoms with E-state index in [9.17, 15) is 0 Å². The fourth-order valence-corrected chi connectivity index (χ4v) is 1.91. The van der Waals surface area contributed by atoms with Crippen LogP contribution in [0.4, 0.5) is 0 Å². The van der Waals surface area contributed by atoms with E-state index in [-0.39, 0.29) is 5.72 Å². The first-order valence-corrected chi connectivity index (χ1v) is 5.01. The van der Waals surface area contributed by atoms with Crippen LogP contribution in [0.1, 0.15) is 27.2 Å². The quantitative estimate of drug-likeness (QED) is 0.614. The smallest absolute Gasteiger partial charge is 0.166 e. The second-order valence-corrected chi connectivity index (χ2v) is 5.19. The summed E-state index contributed by atoms with van der Waals surface area (Å²) in [5.41, 5.74) is 0.169. The molecule has 1 atom stereocenters. The van der Waals surface area contributed by atoms with E-state index < -0.39 is 0 Å². The fourth-order valence-electron chi connectivity index (χ4n) is 1.91. The van der Waals surface area contributed by atoms with Crippen LogP contribution in [0.25, 0.3) is 0 Å².